The first-order chi connectivity index (χ1) is 9.17. The van der Waals surface area contributed by atoms with Crippen LogP contribution in [-0.4, -0.2) is 11.7 Å². The maximum absolute atomic E-state index is 9.40. The number of aliphatic hydroxyl groups is 1. The number of hydrogen-bond donors (Lipinski definition) is 1. The number of nitrogens with zero attached hydrogens (tertiary/aromatic N) is 1. The fourth-order valence-electron chi connectivity index (χ4n) is 5.58. The minimum Gasteiger partial charge on any atom is -0.396 e. The Labute approximate surface area is 117 Å². The van der Waals surface area contributed by atoms with Crippen LogP contribution in [0, 0.1) is 46.3 Å². The standard InChI is InChI=1S/C17H27NO/c1-17-10-13-3-2-12(6-7-19)8-14(13)9-15(17)4-5-16(17)11-18/h12-16,19H,2-10H2,1H3/t12-,13-,14-,15+,16-,17+/m1/s1. The zero-order valence-corrected chi connectivity index (χ0v) is 12.1. The van der Waals surface area contributed by atoms with Gasteiger partial charge in [0.2, 0.25) is 0 Å². The van der Waals surface area contributed by atoms with Crippen LogP contribution < -0.4 is 0 Å². The average Bonchev–Trinajstić information content (AvgIpc) is 2.72. The van der Waals surface area contributed by atoms with Crippen molar-refractivity contribution in [2.75, 3.05) is 6.61 Å². The maximum Gasteiger partial charge on any atom is 0.0661 e. The molecule has 106 valence electrons. The van der Waals surface area contributed by atoms with Crippen molar-refractivity contribution in [1.82, 2.24) is 0 Å². The fourth-order valence-corrected chi connectivity index (χ4v) is 5.58. The van der Waals surface area contributed by atoms with Gasteiger partial charge in [-0.1, -0.05) is 13.3 Å². The minimum atomic E-state index is 0.314. The van der Waals surface area contributed by atoms with Gasteiger partial charge in [0.25, 0.3) is 0 Å². The SMILES string of the molecule is C[C@]12C[C@H]3CC[C@H](CCO)C[C@@H]3C[C@@H]1CC[C@@H]2C#N. The van der Waals surface area contributed by atoms with Crippen LogP contribution in [0.3, 0.4) is 0 Å². The largest absolute Gasteiger partial charge is 0.396 e. The van der Waals surface area contributed by atoms with Crippen molar-refractivity contribution < 1.29 is 5.11 Å². The lowest BCUT2D eigenvalue weighted by Gasteiger charge is -2.49. The van der Waals surface area contributed by atoms with Crippen molar-refractivity contribution in [3.63, 3.8) is 0 Å². The van der Waals surface area contributed by atoms with E-state index in [0.29, 0.717) is 17.9 Å². The molecule has 2 heteroatoms. The summed E-state index contributed by atoms with van der Waals surface area (Å²) in [5, 5.41) is 18.5. The van der Waals surface area contributed by atoms with E-state index in [1.165, 1.54) is 38.5 Å². The molecule has 2 nitrogen and oxygen atoms in total. The molecule has 0 saturated heterocycles. The van der Waals surface area contributed by atoms with E-state index in [4.69, 9.17) is 5.11 Å². The van der Waals surface area contributed by atoms with E-state index in [-0.39, 0.29) is 0 Å². The average molecular weight is 261 g/mol. The number of rotatable bonds is 2. The molecular weight excluding hydrogens is 234 g/mol. The van der Waals surface area contributed by atoms with E-state index in [1.54, 1.807) is 0 Å². The summed E-state index contributed by atoms with van der Waals surface area (Å²) in [4.78, 5) is 0. The van der Waals surface area contributed by atoms with Crippen LogP contribution >= 0.6 is 0 Å². The monoisotopic (exact) mass is 261 g/mol. The molecule has 0 aromatic carbocycles. The summed E-state index contributed by atoms with van der Waals surface area (Å²) in [6, 6.07) is 2.60. The summed E-state index contributed by atoms with van der Waals surface area (Å²) in [6.07, 6.45) is 10.1. The van der Waals surface area contributed by atoms with Gasteiger partial charge in [-0.3, -0.25) is 0 Å². The molecule has 0 aliphatic heterocycles. The maximum atomic E-state index is 9.40. The summed E-state index contributed by atoms with van der Waals surface area (Å²) < 4.78 is 0. The van der Waals surface area contributed by atoms with Gasteiger partial charge in [-0.15, -0.1) is 0 Å². The summed E-state index contributed by atoms with van der Waals surface area (Å²) in [6.45, 7) is 2.76. The lowest BCUT2D eigenvalue weighted by atomic mass is 9.55. The van der Waals surface area contributed by atoms with Crippen LogP contribution in [0.4, 0.5) is 0 Å². The molecule has 0 aromatic rings. The topological polar surface area (TPSA) is 44.0 Å². The molecule has 0 bridgehead atoms. The van der Waals surface area contributed by atoms with Crippen LogP contribution in [0.1, 0.15) is 58.3 Å². The predicted molar refractivity (Wildman–Crippen MR) is 75.2 cm³/mol. The Morgan fingerprint density at radius 3 is 2.74 bits per heavy atom. The van der Waals surface area contributed by atoms with E-state index < -0.39 is 0 Å². The zero-order chi connectivity index (χ0) is 13.5. The van der Waals surface area contributed by atoms with Crippen LogP contribution in [0.2, 0.25) is 0 Å². The Morgan fingerprint density at radius 1 is 1.16 bits per heavy atom. The predicted octanol–water partition coefficient (Wildman–Crippen LogP) is 3.75. The Morgan fingerprint density at radius 2 is 2.00 bits per heavy atom. The first-order valence-electron chi connectivity index (χ1n) is 8.18. The molecule has 1 N–H and O–H groups in total. The van der Waals surface area contributed by atoms with Crippen LogP contribution in [0.25, 0.3) is 0 Å². The smallest absolute Gasteiger partial charge is 0.0661 e. The highest BCUT2D eigenvalue weighted by Crippen LogP contribution is 2.60. The Kier molecular flexibility index (Phi) is 3.60. The van der Waals surface area contributed by atoms with Gasteiger partial charge in [-0.2, -0.15) is 5.26 Å². The van der Waals surface area contributed by atoms with Crippen molar-refractivity contribution in [2.24, 2.45) is 35.0 Å². The van der Waals surface area contributed by atoms with Gasteiger partial charge in [-0.05, 0) is 74.0 Å². The number of hydrogen-bond acceptors (Lipinski definition) is 2. The van der Waals surface area contributed by atoms with Gasteiger partial charge in [0.1, 0.15) is 0 Å². The van der Waals surface area contributed by atoms with Crippen molar-refractivity contribution in [2.45, 2.75) is 58.3 Å². The summed E-state index contributed by atoms with van der Waals surface area (Å²) in [7, 11) is 0. The molecule has 3 aliphatic rings. The Bertz CT molecular complexity index is 374. The quantitative estimate of drug-likeness (QED) is 0.822. The van der Waals surface area contributed by atoms with E-state index in [9.17, 15) is 5.26 Å². The number of fused-ring (bicyclic) bond motifs is 2. The number of aliphatic hydroxyl groups excluding tert-OH is 1. The first kappa shape index (κ1) is 13.4. The van der Waals surface area contributed by atoms with Crippen LogP contribution in [-0.2, 0) is 0 Å². The third-order valence-electron chi connectivity index (χ3n) is 6.76. The fraction of sp³-hybridized carbons (Fsp3) is 0.941. The van der Waals surface area contributed by atoms with Crippen LogP contribution in [0.5, 0.6) is 0 Å². The molecule has 0 spiro atoms. The second-order valence-electron chi connectivity index (χ2n) is 7.61. The van der Waals surface area contributed by atoms with Crippen LogP contribution in [0.15, 0.2) is 0 Å². The molecule has 0 heterocycles. The van der Waals surface area contributed by atoms with Gasteiger partial charge < -0.3 is 5.11 Å². The highest BCUT2D eigenvalue weighted by molar-refractivity contribution is 5.08. The Balaban J connectivity index is 1.71. The molecule has 3 rings (SSSR count). The normalized spacial score (nSPS) is 49.2. The summed E-state index contributed by atoms with van der Waals surface area (Å²) in [5.41, 5.74) is 0.319. The van der Waals surface area contributed by atoms with Gasteiger partial charge in [0, 0.05) is 6.61 Å². The molecule has 3 fully saturated rings. The third-order valence-corrected chi connectivity index (χ3v) is 6.76. The van der Waals surface area contributed by atoms with Gasteiger partial charge >= 0.3 is 0 Å². The highest BCUT2D eigenvalue weighted by atomic mass is 16.3. The highest BCUT2D eigenvalue weighted by Gasteiger charge is 2.53. The first-order valence-corrected chi connectivity index (χ1v) is 8.18. The number of nitriles is 1. The van der Waals surface area contributed by atoms with Gasteiger partial charge in [0.15, 0.2) is 0 Å². The summed E-state index contributed by atoms with van der Waals surface area (Å²) in [5.74, 6) is 3.63. The van der Waals surface area contributed by atoms with E-state index in [1.807, 2.05) is 0 Å². The minimum absolute atomic E-state index is 0.314. The lowest BCUT2D eigenvalue weighted by Crippen LogP contribution is -2.42. The van der Waals surface area contributed by atoms with Crippen molar-refractivity contribution in [3.8, 4) is 6.07 Å². The van der Waals surface area contributed by atoms with Crippen molar-refractivity contribution in [3.05, 3.63) is 0 Å². The third kappa shape index (κ3) is 2.21. The molecule has 0 unspecified atom stereocenters. The summed E-state index contributed by atoms with van der Waals surface area (Å²) >= 11 is 0. The molecule has 0 amide bonds. The second-order valence-corrected chi connectivity index (χ2v) is 7.61. The lowest BCUT2D eigenvalue weighted by molar-refractivity contribution is 0.000850. The molecule has 3 aliphatic carbocycles. The molecule has 3 saturated carbocycles. The zero-order valence-electron chi connectivity index (χ0n) is 12.1. The molecular formula is C17H27NO. The van der Waals surface area contributed by atoms with E-state index >= 15 is 0 Å². The van der Waals surface area contributed by atoms with E-state index in [0.717, 1.165) is 36.5 Å². The van der Waals surface area contributed by atoms with Crippen molar-refractivity contribution in [1.29, 1.82) is 5.26 Å². The van der Waals surface area contributed by atoms with Gasteiger partial charge in [0.05, 0.1) is 12.0 Å². The molecule has 6 atom stereocenters. The molecule has 0 aromatic heterocycles. The van der Waals surface area contributed by atoms with Gasteiger partial charge in [-0.25, -0.2) is 0 Å². The molecule has 19 heavy (non-hydrogen) atoms. The van der Waals surface area contributed by atoms with E-state index in [2.05, 4.69) is 13.0 Å². The van der Waals surface area contributed by atoms with Crippen molar-refractivity contribution >= 4 is 0 Å². The Hall–Kier alpha value is -0.550. The second kappa shape index (κ2) is 5.09. The molecule has 0 radical (unpaired) electrons.